The molecule has 0 atom stereocenters. The molecular formula is C12H16ClNO. The predicted octanol–water partition coefficient (Wildman–Crippen LogP) is 2.84. The molecule has 0 radical (unpaired) electrons. The number of benzene rings is 1. The first-order valence-electron chi connectivity index (χ1n) is 5.19. The average molecular weight is 226 g/mol. The fourth-order valence-corrected chi connectivity index (χ4v) is 1.77. The Hall–Kier alpha value is -1.02. The zero-order valence-corrected chi connectivity index (χ0v) is 9.92. The predicted molar refractivity (Wildman–Crippen MR) is 64.6 cm³/mol. The SMILES string of the molecule is CCN(CC)c1cccc(CC(=O)Cl)c1. The van der Waals surface area contributed by atoms with E-state index in [1.165, 1.54) is 0 Å². The van der Waals surface area contributed by atoms with E-state index < -0.39 is 0 Å². The van der Waals surface area contributed by atoms with Gasteiger partial charge in [0.15, 0.2) is 0 Å². The molecule has 0 spiro atoms. The molecule has 82 valence electrons. The maximum Gasteiger partial charge on any atom is 0.226 e. The largest absolute Gasteiger partial charge is 0.372 e. The van der Waals surface area contributed by atoms with E-state index in [-0.39, 0.29) is 5.24 Å². The summed E-state index contributed by atoms with van der Waals surface area (Å²) in [5.41, 5.74) is 2.12. The Labute approximate surface area is 95.8 Å². The number of rotatable bonds is 5. The van der Waals surface area contributed by atoms with E-state index in [1.54, 1.807) is 0 Å². The van der Waals surface area contributed by atoms with E-state index in [0.29, 0.717) is 6.42 Å². The summed E-state index contributed by atoms with van der Waals surface area (Å²) in [7, 11) is 0. The lowest BCUT2D eigenvalue weighted by molar-refractivity contribution is -0.111. The molecule has 1 aromatic carbocycles. The molecule has 0 unspecified atom stereocenters. The minimum Gasteiger partial charge on any atom is -0.372 e. The Balaban J connectivity index is 2.86. The number of anilines is 1. The van der Waals surface area contributed by atoms with Gasteiger partial charge in [-0.2, -0.15) is 0 Å². The average Bonchev–Trinajstić information content (AvgIpc) is 2.19. The molecular weight excluding hydrogens is 210 g/mol. The molecule has 1 rings (SSSR count). The van der Waals surface area contributed by atoms with Gasteiger partial charge in [-0.25, -0.2) is 0 Å². The van der Waals surface area contributed by atoms with Crippen LogP contribution >= 0.6 is 11.6 Å². The normalized spacial score (nSPS) is 10.1. The highest BCUT2D eigenvalue weighted by Crippen LogP contribution is 2.16. The minimum atomic E-state index is -0.313. The molecule has 15 heavy (non-hydrogen) atoms. The summed E-state index contributed by atoms with van der Waals surface area (Å²) in [4.78, 5) is 13.0. The topological polar surface area (TPSA) is 20.3 Å². The molecule has 2 nitrogen and oxygen atoms in total. The smallest absolute Gasteiger partial charge is 0.226 e. The zero-order chi connectivity index (χ0) is 11.3. The quantitative estimate of drug-likeness (QED) is 0.719. The molecule has 0 aliphatic heterocycles. The second-order valence-corrected chi connectivity index (χ2v) is 3.80. The van der Waals surface area contributed by atoms with Gasteiger partial charge in [0.25, 0.3) is 0 Å². The lowest BCUT2D eigenvalue weighted by Crippen LogP contribution is -2.21. The van der Waals surface area contributed by atoms with Crippen molar-refractivity contribution in [3.05, 3.63) is 29.8 Å². The fourth-order valence-electron chi connectivity index (χ4n) is 1.61. The number of nitrogens with zero attached hydrogens (tertiary/aromatic N) is 1. The third kappa shape index (κ3) is 3.56. The van der Waals surface area contributed by atoms with Crippen LogP contribution in [0.4, 0.5) is 5.69 Å². The first-order chi connectivity index (χ1) is 7.17. The molecule has 0 aliphatic rings. The van der Waals surface area contributed by atoms with Gasteiger partial charge in [0.2, 0.25) is 5.24 Å². The van der Waals surface area contributed by atoms with Crippen molar-refractivity contribution < 1.29 is 4.79 Å². The maximum absolute atomic E-state index is 10.8. The van der Waals surface area contributed by atoms with Gasteiger partial charge in [-0.1, -0.05) is 12.1 Å². The van der Waals surface area contributed by atoms with Crippen molar-refractivity contribution in [3.8, 4) is 0 Å². The third-order valence-electron chi connectivity index (χ3n) is 2.38. The van der Waals surface area contributed by atoms with E-state index in [1.807, 2.05) is 18.2 Å². The highest BCUT2D eigenvalue weighted by molar-refractivity contribution is 6.63. The summed E-state index contributed by atoms with van der Waals surface area (Å²) in [6, 6.07) is 7.96. The van der Waals surface area contributed by atoms with Crippen LogP contribution in [-0.4, -0.2) is 18.3 Å². The molecule has 0 N–H and O–H groups in total. The summed E-state index contributed by atoms with van der Waals surface area (Å²) in [5.74, 6) is 0. The Morgan fingerprint density at radius 2 is 2.00 bits per heavy atom. The van der Waals surface area contributed by atoms with Gasteiger partial charge in [0, 0.05) is 25.2 Å². The standard InChI is InChI=1S/C12H16ClNO/c1-3-14(4-2)11-7-5-6-10(8-11)9-12(13)15/h5-8H,3-4,9H2,1-2H3. The van der Waals surface area contributed by atoms with Crippen LogP contribution in [0.5, 0.6) is 0 Å². The molecule has 0 saturated heterocycles. The van der Waals surface area contributed by atoms with Crippen LogP contribution in [0.3, 0.4) is 0 Å². The van der Waals surface area contributed by atoms with Gasteiger partial charge >= 0.3 is 0 Å². The summed E-state index contributed by atoms with van der Waals surface area (Å²) in [5, 5.41) is -0.313. The zero-order valence-electron chi connectivity index (χ0n) is 9.16. The summed E-state index contributed by atoms with van der Waals surface area (Å²) in [6.07, 6.45) is 0.302. The van der Waals surface area contributed by atoms with Crippen LogP contribution < -0.4 is 4.90 Å². The maximum atomic E-state index is 10.8. The summed E-state index contributed by atoms with van der Waals surface area (Å²) < 4.78 is 0. The molecule has 0 heterocycles. The Bertz CT molecular complexity index is 334. The van der Waals surface area contributed by atoms with Gasteiger partial charge in [-0.05, 0) is 43.1 Å². The number of carbonyl (C=O) groups excluding carboxylic acids is 1. The number of carbonyl (C=O) groups is 1. The van der Waals surface area contributed by atoms with Gasteiger partial charge in [0.05, 0.1) is 0 Å². The van der Waals surface area contributed by atoms with Crippen molar-refractivity contribution in [1.29, 1.82) is 0 Å². The van der Waals surface area contributed by atoms with E-state index in [0.717, 1.165) is 24.3 Å². The van der Waals surface area contributed by atoms with Crippen LogP contribution in [-0.2, 0) is 11.2 Å². The van der Waals surface area contributed by atoms with Gasteiger partial charge in [-0.3, -0.25) is 4.79 Å². The molecule has 1 aromatic rings. The van der Waals surface area contributed by atoms with Crippen LogP contribution in [0.1, 0.15) is 19.4 Å². The van der Waals surface area contributed by atoms with Gasteiger partial charge in [-0.15, -0.1) is 0 Å². The van der Waals surface area contributed by atoms with Crippen LogP contribution in [0, 0.1) is 0 Å². The highest BCUT2D eigenvalue weighted by atomic mass is 35.5. The van der Waals surface area contributed by atoms with Crippen molar-refractivity contribution in [2.45, 2.75) is 20.3 Å². The molecule has 0 aromatic heterocycles. The lowest BCUT2D eigenvalue weighted by Gasteiger charge is -2.21. The Morgan fingerprint density at radius 3 is 2.53 bits per heavy atom. The van der Waals surface area contributed by atoms with E-state index in [2.05, 4.69) is 24.8 Å². The van der Waals surface area contributed by atoms with Crippen molar-refractivity contribution in [3.63, 3.8) is 0 Å². The first kappa shape index (κ1) is 12.1. The molecule has 0 aliphatic carbocycles. The van der Waals surface area contributed by atoms with E-state index in [9.17, 15) is 4.79 Å². The van der Waals surface area contributed by atoms with E-state index >= 15 is 0 Å². The summed E-state index contributed by atoms with van der Waals surface area (Å²) >= 11 is 5.36. The molecule has 0 saturated carbocycles. The van der Waals surface area contributed by atoms with E-state index in [4.69, 9.17) is 11.6 Å². The molecule has 3 heteroatoms. The van der Waals surface area contributed by atoms with Crippen LogP contribution in [0.15, 0.2) is 24.3 Å². The van der Waals surface area contributed by atoms with Crippen molar-refractivity contribution >= 4 is 22.5 Å². The fraction of sp³-hybridized carbons (Fsp3) is 0.417. The number of hydrogen-bond acceptors (Lipinski definition) is 2. The Morgan fingerprint density at radius 1 is 1.33 bits per heavy atom. The highest BCUT2D eigenvalue weighted by Gasteiger charge is 2.04. The molecule has 0 bridgehead atoms. The van der Waals surface area contributed by atoms with Gasteiger partial charge in [0.1, 0.15) is 0 Å². The Kier molecular flexibility index (Phi) is 4.63. The van der Waals surface area contributed by atoms with Crippen LogP contribution in [0.25, 0.3) is 0 Å². The van der Waals surface area contributed by atoms with Crippen LogP contribution in [0.2, 0.25) is 0 Å². The van der Waals surface area contributed by atoms with Crippen molar-refractivity contribution in [1.82, 2.24) is 0 Å². The summed E-state index contributed by atoms with van der Waals surface area (Å²) in [6.45, 7) is 6.16. The second-order valence-electron chi connectivity index (χ2n) is 3.37. The first-order valence-corrected chi connectivity index (χ1v) is 5.57. The van der Waals surface area contributed by atoms with Gasteiger partial charge < -0.3 is 4.90 Å². The lowest BCUT2D eigenvalue weighted by atomic mass is 10.1. The molecule has 0 fully saturated rings. The monoisotopic (exact) mass is 225 g/mol. The number of halogens is 1. The minimum absolute atomic E-state index is 0.302. The second kappa shape index (κ2) is 5.76. The number of hydrogen-bond donors (Lipinski definition) is 0. The molecule has 0 amide bonds. The third-order valence-corrected chi connectivity index (χ3v) is 2.52. The van der Waals surface area contributed by atoms with Crippen molar-refractivity contribution in [2.75, 3.05) is 18.0 Å². The van der Waals surface area contributed by atoms with Crippen molar-refractivity contribution in [2.24, 2.45) is 0 Å².